The lowest BCUT2D eigenvalue weighted by atomic mass is 9.88. The van der Waals surface area contributed by atoms with Gasteiger partial charge in [0, 0.05) is 30.7 Å². The first-order chi connectivity index (χ1) is 8.05. The van der Waals surface area contributed by atoms with Crippen LogP contribution in [0.25, 0.3) is 0 Å². The van der Waals surface area contributed by atoms with Crippen LogP contribution in [0.15, 0.2) is 42.9 Å². The van der Waals surface area contributed by atoms with Crippen LogP contribution in [0.5, 0.6) is 0 Å². The van der Waals surface area contributed by atoms with Gasteiger partial charge in [-0.1, -0.05) is 32.9 Å². The van der Waals surface area contributed by atoms with Crippen LogP contribution in [-0.2, 0) is 11.8 Å². The second-order valence-electron chi connectivity index (χ2n) is 5.33. The largest absolute Gasteiger partial charge is 0.264 e. The first-order valence-electron chi connectivity index (χ1n) is 5.90. The minimum absolute atomic E-state index is 0.167. The maximum absolute atomic E-state index is 4.51. The Labute approximate surface area is 103 Å². The van der Waals surface area contributed by atoms with E-state index in [1.165, 1.54) is 11.1 Å². The van der Waals surface area contributed by atoms with Gasteiger partial charge in [-0.05, 0) is 28.7 Å². The van der Waals surface area contributed by atoms with Crippen molar-refractivity contribution in [1.29, 1.82) is 0 Å². The molecule has 0 radical (unpaired) electrons. The van der Waals surface area contributed by atoms with Crippen molar-refractivity contribution in [2.45, 2.75) is 32.6 Å². The third-order valence-electron chi connectivity index (χ3n) is 2.80. The van der Waals surface area contributed by atoms with Crippen LogP contribution in [0.1, 0.15) is 37.6 Å². The van der Waals surface area contributed by atoms with Crippen molar-refractivity contribution in [1.82, 2.24) is 9.97 Å². The Balaban J connectivity index is 2.14. The van der Waals surface area contributed by atoms with E-state index < -0.39 is 0 Å². The molecule has 88 valence electrons. The van der Waals surface area contributed by atoms with Crippen LogP contribution in [0.2, 0.25) is 0 Å². The molecule has 2 aromatic rings. The molecule has 17 heavy (non-hydrogen) atoms. The van der Waals surface area contributed by atoms with E-state index in [1.807, 2.05) is 18.5 Å². The zero-order valence-corrected chi connectivity index (χ0v) is 10.6. The summed E-state index contributed by atoms with van der Waals surface area (Å²) < 4.78 is 0. The third-order valence-corrected chi connectivity index (χ3v) is 2.80. The lowest BCUT2D eigenvalue weighted by Crippen LogP contribution is -2.11. The fourth-order valence-electron chi connectivity index (χ4n) is 1.68. The van der Waals surface area contributed by atoms with Crippen LogP contribution in [-0.4, -0.2) is 9.97 Å². The van der Waals surface area contributed by atoms with Gasteiger partial charge in [0.05, 0.1) is 0 Å². The molecular weight excluding hydrogens is 208 g/mol. The number of rotatable bonds is 2. The zero-order chi connectivity index (χ0) is 12.3. The number of nitrogens with zero attached hydrogens (tertiary/aromatic N) is 2. The van der Waals surface area contributed by atoms with E-state index in [1.54, 1.807) is 6.20 Å². The molecule has 0 saturated heterocycles. The van der Waals surface area contributed by atoms with Crippen molar-refractivity contribution in [3.8, 4) is 0 Å². The zero-order valence-electron chi connectivity index (χ0n) is 10.6. The Hall–Kier alpha value is -1.70. The number of hydrogen-bond donors (Lipinski definition) is 0. The van der Waals surface area contributed by atoms with Gasteiger partial charge in [-0.3, -0.25) is 9.97 Å². The topological polar surface area (TPSA) is 25.8 Å². The summed E-state index contributed by atoms with van der Waals surface area (Å²) in [7, 11) is 0. The average Bonchev–Trinajstić information content (AvgIpc) is 2.30. The molecule has 0 N–H and O–H groups in total. The first-order valence-corrected chi connectivity index (χ1v) is 5.90. The molecule has 2 aromatic heterocycles. The van der Waals surface area contributed by atoms with Gasteiger partial charge in [-0.2, -0.15) is 0 Å². The lowest BCUT2D eigenvalue weighted by Gasteiger charge is -2.18. The van der Waals surface area contributed by atoms with Crippen molar-refractivity contribution in [2.24, 2.45) is 0 Å². The Morgan fingerprint density at radius 3 is 2.41 bits per heavy atom. The van der Waals surface area contributed by atoms with E-state index in [0.29, 0.717) is 0 Å². The van der Waals surface area contributed by atoms with Crippen molar-refractivity contribution in [2.75, 3.05) is 0 Å². The summed E-state index contributed by atoms with van der Waals surface area (Å²) in [6, 6.07) is 8.30. The molecule has 2 heterocycles. The maximum Gasteiger partial charge on any atom is 0.0448 e. The predicted molar refractivity (Wildman–Crippen MR) is 70.0 cm³/mol. The summed E-state index contributed by atoms with van der Waals surface area (Å²) in [5.74, 6) is 0. The Kier molecular flexibility index (Phi) is 3.23. The molecule has 2 nitrogen and oxygen atoms in total. The molecule has 0 aromatic carbocycles. The van der Waals surface area contributed by atoms with Gasteiger partial charge in [0.2, 0.25) is 0 Å². The van der Waals surface area contributed by atoms with Gasteiger partial charge < -0.3 is 0 Å². The van der Waals surface area contributed by atoms with Gasteiger partial charge in [-0.25, -0.2) is 0 Å². The van der Waals surface area contributed by atoms with Crippen LogP contribution in [0.4, 0.5) is 0 Å². The minimum Gasteiger partial charge on any atom is -0.264 e. The average molecular weight is 226 g/mol. The second kappa shape index (κ2) is 4.66. The monoisotopic (exact) mass is 226 g/mol. The molecule has 2 rings (SSSR count). The van der Waals surface area contributed by atoms with Crippen molar-refractivity contribution in [3.63, 3.8) is 0 Å². The first kappa shape index (κ1) is 11.8. The maximum atomic E-state index is 4.51. The standard InChI is InChI=1S/C15H18N2/c1-15(2,3)13-6-7-14(17-11-13)9-12-5-4-8-16-10-12/h4-8,10-11H,9H2,1-3H3. The fourth-order valence-corrected chi connectivity index (χ4v) is 1.68. The van der Waals surface area contributed by atoms with E-state index in [-0.39, 0.29) is 5.41 Å². The van der Waals surface area contributed by atoms with Crippen molar-refractivity contribution < 1.29 is 0 Å². The Morgan fingerprint density at radius 1 is 1.06 bits per heavy atom. The molecule has 0 atom stereocenters. The van der Waals surface area contributed by atoms with E-state index >= 15 is 0 Å². The van der Waals surface area contributed by atoms with E-state index in [0.717, 1.165) is 12.1 Å². The highest BCUT2D eigenvalue weighted by Crippen LogP contribution is 2.21. The summed E-state index contributed by atoms with van der Waals surface area (Å²) >= 11 is 0. The molecule has 0 unspecified atom stereocenters. The molecule has 0 spiro atoms. The molecule has 0 aliphatic carbocycles. The summed E-state index contributed by atoms with van der Waals surface area (Å²) in [4.78, 5) is 8.62. The summed E-state index contributed by atoms with van der Waals surface area (Å²) in [6.07, 6.45) is 6.50. The normalized spacial score (nSPS) is 11.5. The van der Waals surface area contributed by atoms with E-state index in [9.17, 15) is 0 Å². The second-order valence-corrected chi connectivity index (χ2v) is 5.33. The molecule has 0 aliphatic heterocycles. The van der Waals surface area contributed by atoms with Crippen LogP contribution < -0.4 is 0 Å². The van der Waals surface area contributed by atoms with Crippen LogP contribution >= 0.6 is 0 Å². The van der Waals surface area contributed by atoms with Gasteiger partial charge in [0.15, 0.2) is 0 Å². The molecular formula is C15H18N2. The Morgan fingerprint density at radius 2 is 1.88 bits per heavy atom. The number of aromatic nitrogens is 2. The van der Waals surface area contributed by atoms with Crippen LogP contribution in [0, 0.1) is 0 Å². The van der Waals surface area contributed by atoms with Gasteiger partial charge >= 0.3 is 0 Å². The van der Waals surface area contributed by atoms with Crippen molar-refractivity contribution >= 4 is 0 Å². The highest BCUT2D eigenvalue weighted by molar-refractivity contribution is 5.24. The predicted octanol–water partition coefficient (Wildman–Crippen LogP) is 3.36. The third kappa shape index (κ3) is 3.13. The minimum atomic E-state index is 0.167. The quantitative estimate of drug-likeness (QED) is 0.784. The molecule has 0 saturated carbocycles. The van der Waals surface area contributed by atoms with E-state index in [4.69, 9.17) is 0 Å². The number of hydrogen-bond acceptors (Lipinski definition) is 2. The summed E-state index contributed by atoms with van der Waals surface area (Å²) in [5, 5.41) is 0. The van der Waals surface area contributed by atoms with Crippen LogP contribution in [0.3, 0.4) is 0 Å². The molecule has 0 amide bonds. The molecule has 0 fully saturated rings. The fraction of sp³-hybridized carbons (Fsp3) is 0.333. The Bertz CT molecular complexity index is 467. The summed E-state index contributed by atoms with van der Waals surface area (Å²) in [5.41, 5.74) is 3.72. The summed E-state index contributed by atoms with van der Waals surface area (Å²) in [6.45, 7) is 6.60. The van der Waals surface area contributed by atoms with E-state index in [2.05, 4.69) is 48.9 Å². The van der Waals surface area contributed by atoms with Gasteiger partial charge in [-0.15, -0.1) is 0 Å². The highest BCUT2D eigenvalue weighted by Gasteiger charge is 2.13. The molecule has 2 heteroatoms. The lowest BCUT2D eigenvalue weighted by molar-refractivity contribution is 0.587. The smallest absolute Gasteiger partial charge is 0.0448 e. The van der Waals surface area contributed by atoms with Gasteiger partial charge in [0.1, 0.15) is 0 Å². The molecule has 0 aliphatic rings. The van der Waals surface area contributed by atoms with Crippen molar-refractivity contribution in [3.05, 3.63) is 59.7 Å². The SMILES string of the molecule is CC(C)(C)c1ccc(Cc2cccnc2)nc1. The molecule has 0 bridgehead atoms. The van der Waals surface area contributed by atoms with Gasteiger partial charge in [0.25, 0.3) is 0 Å². The highest BCUT2D eigenvalue weighted by atomic mass is 14.7. The number of pyridine rings is 2.